The molecule has 1 atom stereocenters. The van der Waals surface area contributed by atoms with E-state index in [4.69, 9.17) is 4.74 Å². The van der Waals surface area contributed by atoms with E-state index < -0.39 is 6.04 Å². The second-order valence-electron chi connectivity index (χ2n) is 5.65. The van der Waals surface area contributed by atoms with Gasteiger partial charge in [0.1, 0.15) is 6.04 Å². The van der Waals surface area contributed by atoms with Gasteiger partial charge >= 0.3 is 5.97 Å². The van der Waals surface area contributed by atoms with E-state index in [2.05, 4.69) is 14.9 Å². The largest absolute Gasteiger partial charge is 0.467 e. The molecule has 118 valence electrons. The Morgan fingerprint density at radius 1 is 1.23 bits per heavy atom. The highest BCUT2D eigenvalue weighted by Crippen LogP contribution is 2.28. The van der Waals surface area contributed by atoms with Crippen molar-refractivity contribution in [3.8, 4) is 0 Å². The number of methoxy groups -OCH3 is 1. The van der Waals surface area contributed by atoms with Crippen LogP contribution in [0.5, 0.6) is 0 Å². The predicted molar refractivity (Wildman–Crippen MR) is 79.2 cm³/mol. The Morgan fingerprint density at radius 2 is 1.91 bits per heavy atom. The second kappa shape index (κ2) is 6.29. The standard InChI is InChI=1S/C15H20N4O3/c1-22-14(21)12-3-4-13(20)19(12)11-5-9-18(10-6-11)15-16-7-2-8-17-15/h2,7-8,11-12H,3-6,9-10H2,1H3. The minimum atomic E-state index is -0.415. The molecule has 2 saturated heterocycles. The number of rotatable bonds is 3. The number of ether oxygens (including phenoxy) is 1. The molecule has 0 radical (unpaired) electrons. The number of esters is 1. The number of carbonyl (C=O) groups is 2. The van der Waals surface area contributed by atoms with Crippen LogP contribution >= 0.6 is 0 Å². The topological polar surface area (TPSA) is 75.6 Å². The summed E-state index contributed by atoms with van der Waals surface area (Å²) < 4.78 is 4.83. The molecule has 22 heavy (non-hydrogen) atoms. The van der Waals surface area contributed by atoms with Gasteiger partial charge in [0.15, 0.2) is 0 Å². The molecule has 0 spiro atoms. The first-order valence-corrected chi connectivity index (χ1v) is 7.61. The van der Waals surface area contributed by atoms with E-state index in [0.29, 0.717) is 12.8 Å². The molecule has 7 heteroatoms. The minimum absolute atomic E-state index is 0.0600. The number of anilines is 1. The van der Waals surface area contributed by atoms with Crippen molar-refractivity contribution in [2.24, 2.45) is 0 Å². The van der Waals surface area contributed by atoms with Gasteiger partial charge in [0.25, 0.3) is 0 Å². The smallest absolute Gasteiger partial charge is 0.328 e. The number of nitrogens with zero attached hydrogens (tertiary/aromatic N) is 4. The first kappa shape index (κ1) is 14.7. The maximum atomic E-state index is 12.1. The van der Waals surface area contributed by atoms with Crippen molar-refractivity contribution in [3.05, 3.63) is 18.5 Å². The van der Waals surface area contributed by atoms with Gasteiger partial charge in [-0.3, -0.25) is 4.79 Å². The summed E-state index contributed by atoms with van der Waals surface area (Å²) in [5, 5.41) is 0. The van der Waals surface area contributed by atoms with Crippen molar-refractivity contribution in [3.63, 3.8) is 0 Å². The van der Waals surface area contributed by atoms with E-state index in [-0.39, 0.29) is 17.9 Å². The summed E-state index contributed by atoms with van der Waals surface area (Å²) in [6.07, 6.45) is 6.08. The zero-order valence-electron chi connectivity index (χ0n) is 12.6. The molecule has 3 heterocycles. The van der Waals surface area contributed by atoms with Gasteiger partial charge in [0.05, 0.1) is 7.11 Å². The van der Waals surface area contributed by atoms with Gasteiger partial charge in [-0.15, -0.1) is 0 Å². The maximum Gasteiger partial charge on any atom is 0.328 e. The zero-order valence-corrected chi connectivity index (χ0v) is 12.6. The molecule has 7 nitrogen and oxygen atoms in total. The van der Waals surface area contributed by atoms with Crippen LogP contribution in [0, 0.1) is 0 Å². The SMILES string of the molecule is COC(=O)C1CCC(=O)N1C1CCN(c2ncccn2)CC1. The molecule has 0 bridgehead atoms. The van der Waals surface area contributed by atoms with Crippen molar-refractivity contribution < 1.29 is 14.3 Å². The molecule has 2 aliphatic heterocycles. The van der Waals surface area contributed by atoms with Gasteiger partial charge < -0.3 is 14.5 Å². The fourth-order valence-corrected chi connectivity index (χ4v) is 3.33. The van der Waals surface area contributed by atoms with E-state index >= 15 is 0 Å². The molecule has 0 saturated carbocycles. The quantitative estimate of drug-likeness (QED) is 0.762. The van der Waals surface area contributed by atoms with Crippen molar-refractivity contribution in [1.82, 2.24) is 14.9 Å². The van der Waals surface area contributed by atoms with Crippen molar-refractivity contribution >= 4 is 17.8 Å². The number of hydrogen-bond acceptors (Lipinski definition) is 6. The Morgan fingerprint density at radius 3 is 2.55 bits per heavy atom. The van der Waals surface area contributed by atoms with Gasteiger partial charge in [0.2, 0.25) is 11.9 Å². The van der Waals surface area contributed by atoms with Crippen LogP contribution in [0.15, 0.2) is 18.5 Å². The number of aromatic nitrogens is 2. The lowest BCUT2D eigenvalue weighted by atomic mass is 10.0. The summed E-state index contributed by atoms with van der Waals surface area (Å²) in [5.41, 5.74) is 0. The van der Waals surface area contributed by atoms with Crippen LogP contribution in [-0.2, 0) is 14.3 Å². The molecule has 2 aliphatic rings. The molecular weight excluding hydrogens is 284 g/mol. The van der Waals surface area contributed by atoms with Crippen molar-refractivity contribution in [1.29, 1.82) is 0 Å². The van der Waals surface area contributed by atoms with E-state index in [1.165, 1.54) is 7.11 Å². The third-order valence-electron chi connectivity index (χ3n) is 4.42. The van der Waals surface area contributed by atoms with Crippen molar-refractivity contribution in [2.75, 3.05) is 25.1 Å². The molecule has 0 aliphatic carbocycles. The number of hydrogen-bond donors (Lipinski definition) is 0. The minimum Gasteiger partial charge on any atom is -0.467 e. The first-order chi connectivity index (χ1) is 10.7. The summed E-state index contributed by atoms with van der Waals surface area (Å²) in [6.45, 7) is 1.57. The number of piperidine rings is 1. The second-order valence-corrected chi connectivity index (χ2v) is 5.65. The normalized spacial score (nSPS) is 23.0. The van der Waals surface area contributed by atoms with Crippen LogP contribution in [0.4, 0.5) is 5.95 Å². The van der Waals surface area contributed by atoms with Gasteiger partial charge in [-0.2, -0.15) is 0 Å². The highest BCUT2D eigenvalue weighted by atomic mass is 16.5. The Hall–Kier alpha value is -2.18. The fraction of sp³-hybridized carbons (Fsp3) is 0.600. The van der Waals surface area contributed by atoms with E-state index in [0.717, 1.165) is 31.9 Å². The molecule has 2 fully saturated rings. The van der Waals surface area contributed by atoms with Gasteiger partial charge in [-0.1, -0.05) is 0 Å². The highest BCUT2D eigenvalue weighted by Gasteiger charge is 2.41. The van der Waals surface area contributed by atoms with Crippen LogP contribution in [0.1, 0.15) is 25.7 Å². The van der Waals surface area contributed by atoms with Crippen LogP contribution in [0.3, 0.4) is 0 Å². The van der Waals surface area contributed by atoms with E-state index in [1.807, 2.05) is 0 Å². The Kier molecular flexibility index (Phi) is 4.22. The van der Waals surface area contributed by atoms with Gasteiger partial charge in [-0.05, 0) is 25.3 Å². The third-order valence-corrected chi connectivity index (χ3v) is 4.42. The molecule has 1 amide bonds. The first-order valence-electron chi connectivity index (χ1n) is 7.61. The van der Waals surface area contributed by atoms with E-state index in [9.17, 15) is 9.59 Å². The summed E-state index contributed by atoms with van der Waals surface area (Å²) in [4.78, 5) is 36.4. The summed E-state index contributed by atoms with van der Waals surface area (Å²) in [6, 6.07) is 1.47. The van der Waals surface area contributed by atoms with Crippen LogP contribution in [0.25, 0.3) is 0 Å². The molecule has 0 N–H and O–H groups in total. The zero-order chi connectivity index (χ0) is 15.5. The monoisotopic (exact) mass is 304 g/mol. The Labute approximate surface area is 129 Å². The van der Waals surface area contributed by atoms with Gasteiger partial charge in [-0.25, -0.2) is 14.8 Å². The summed E-state index contributed by atoms with van der Waals surface area (Å²) >= 11 is 0. The lowest BCUT2D eigenvalue weighted by Crippen LogP contribution is -2.51. The summed E-state index contributed by atoms with van der Waals surface area (Å²) in [7, 11) is 1.37. The van der Waals surface area contributed by atoms with Crippen LogP contribution < -0.4 is 4.90 Å². The molecule has 1 aromatic rings. The molecule has 3 rings (SSSR count). The third kappa shape index (κ3) is 2.75. The molecular formula is C15H20N4O3. The Bertz CT molecular complexity index is 543. The number of carbonyl (C=O) groups excluding carboxylic acids is 2. The number of amides is 1. The van der Waals surface area contributed by atoms with E-state index in [1.54, 1.807) is 23.4 Å². The summed E-state index contributed by atoms with van der Waals surface area (Å²) in [5.74, 6) is 0.475. The molecule has 0 aromatic carbocycles. The average Bonchev–Trinajstić information content (AvgIpc) is 2.97. The van der Waals surface area contributed by atoms with Crippen LogP contribution in [-0.4, -0.2) is 59.0 Å². The molecule has 1 unspecified atom stereocenters. The lowest BCUT2D eigenvalue weighted by Gasteiger charge is -2.38. The van der Waals surface area contributed by atoms with Crippen molar-refractivity contribution in [2.45, 2.75) is 37.8 Å². The Balaban J connectivity index is 1.65. The predicted octanol–water partition coefficient (Wildman–Crippen LogP) is 0.609. The maximum absolute atomic E-state index is 12.1. The average molecular weight is 304 g/mol. The van der Waals surface area contributed by atoms with Crippen LogP contribution in [0.2, 0.25) is 0 Å². The fourth-order valence-electron chi connectivity index (χ4n) is 3.33. The highest BCUT2D eigenvalue weighted by molar-refractivity contribution is 5.88. The molecule has 1 aromatic heterocycles. The lowest BCUT2D eigenvalue weighted by molar-refractivity contribution is -0.151. The van der Waals surface area contributed by atoms with Gasteiger partial charge in [0, 0.05) is 37.9 Å². The number of likely N-dealkylation sites (tertiary alicyclic amines) is 1.